The highest BCUT2D eigenvalue weighted by Gasteiger charge is 2.38. The minimum atomic E-state index is -0.394. The van der Waals surface area contributed by atoms with Crippen LogP contribution in [-0.2, 0) is 4.74 Å². The van der Waals surface area contributed by atoms with E-state index in [1.165, 1.54) is 25.5 Å². The van der Waals surface area contributed by atoms with Gasteiger partial charge in [0.25, 0.3) is 5.91 Å². The first kappa shape index (κ1) is 17.7. The average molecular weight is 364 g/mol. The van der Waals surface area contributed by atoms with Crippen molar-refractivity contribution in [1.29, 1.82) is 0 Å². The van der Waals surface area contributed by atoms with Crippen LogP contribution in [0.25, 0.3) is 0 Å². The van der Waals surface area contributed by atoms with Gasteiger partial charge < -0.3 is 9.64 Å². The van der Waals surface area contributed by atoms with Gasteiger partial charge in [-0.05, 0) is 42.7 Å². The number of rotatable bonds is 4. The van der Waals surface area contributed by atoms with E-state index in [4.69, 9.17) is 4.74 Å². The summed E-state index contributed by atoms with van der Waals surface area (Å²) in [7, 11) is 1.35. The smallest absolute Gasteiger partial charge is 0.337 e. The molecular formula is C22H24N2O3. The molecule has 5 heteroatoms. The summed E-state index contributed by atoms with van der Waals surface area (Å²) in [5, 5.41) is 0. The Bertz CT molecular complexity index is 815. The van der Waals surface area contributed by atoms with E-state index in [2.05, 4.69) is 17.0 Å². The molecule has 0 bridgehead atoms. The number of amides is 1. The molecular weight excluding hydrogens is 340 g/mol. The Morgan fingerprint density at radius 3 is 2.22 bits per heavy atom. The highest BCUT2D eigenvalue weighted by molar-refractivity contribution is 5.96. The summed E-state index contributed by atoms with van der Waals surface area (Å²) >= 11 is 0. The third kappa shape index (κ3) is 3.74. The number of carbonyl (C=O) groups excluding carboxylic acids is 2. The van der Waals surface area contributed by atoms with Crippen molar-refractivity contribution in [2.45, 2.75) is 24.9 Å². The first-order valence-corrected chi connectivity index (χ1v) is 9.45. The van der Waals surface area contributed by atoms with Crippen LogP contribution >= 0.6 is 0 Å². The van der Waals surface area contributed by atoms with Crippen molar-refractivity contribution in [3.8, 4) is 0 Å². The molecule has 2 aliphatic rings. The second-order valence-corrected chi connectivity index (χ2v) is 7.22. The molecule has 0 spiro atoms. The molecule has 1 aliphatic heterocycles. The quantitative estimate of drug-likeness (QED) is 0.782. The van der Waals surface area contributed by atoms with Gasteiger partial charge in [0.15, 0.2) is 0 Å². The Balaban J connectivity index is 1.57. The maximum absolute atomic E-state index is 13.2. The monoisotopic (exact) mass is 364 g/mol. The van der Waals surface area contributed by atoms with E-state index in [1.54, 1.807) is 24.3 Å². The minimum absolute atomic E-state index is 0.00992. The fourth-order valence-electron chi connectivity index (χ4n) is 3.81. The molecule has 1 saturated heterocycles. The lowest BCUT2D eigenvalue weighted by molar-refractivity contribution is 0.0432. The van der Waals surface area contributed by atoms with E-state index in [1.807, 2.05) is 23.1 Å². The number of hydrogen-bond donors (Lipinski definition) is 0. The third-order valence-corrected chi connectivity index (χ3v) is 5.47. The summed E-state index contributed by atoms with van der Waals surface area (Å²) in [6.45, 7) is 2.51. The van der Waals surface area contributed by atoms with Crippen molar-refractivity contribution in [3.63, 3.8) is 0 Å². The number of methoxy groups -OCH3 is 1. The van der Waals surface area contributed by atoms with Crippen LogP contribution in [0, 0.1) is 0 Å². The highest BCUT2D eigenvalue weighted by Crippen LogP contribution is 2.34. The molecule has 27 heavy (non-hydrogen) atoms. The zero-order chi connectivity index (χ0) is 18.8. The molecule has 5 nitrogen and oxygen atoms in total. The van der Waals surface area contributed by atoms with Gasteiger partial charge in [-0.25, -0.2) is 4.79 Å². The van der Waals surface area contributed by atoms with Crippen LogP contribution in [0.3, 0.4) is 0 Å². The summed E-state index contributed by atoms with van der Waals surface area (Å²) in [6.07, 6.45) is 2.54. The summed E-state index contributed by atoms with van der Waals surface area (Å²) < 4.78 is 4.73. The Labute approximate surface area is 159 Å². The molecule has 1 unspecified atom stereocenters. The van der Waals surface area contributed by atoms with Gasteiger partial charge in [-0.1, -0.05) is 30.3 Å². The van der Waals surface area contributed by atoms with E-state index in [9.17, 15) is 9.59 Å². The molecule has 140 valence electrons. The number of benzene rings is 2. The molecule has 2 aromatic carbocycles. The van der Waals surface area contributed by atoms with Gasteiger partial charge in [-0.15, -0.1) is 0 Å². The molecule has 1 saturated carbocycles. The van der Waals surface area contributed by atoms with Crippen molar-refractivity contribution < 1.29 is 14.3 Å². The van der Waals surface area contributed by atoms with E-state index < -0.39 is 5.97 Å². The minimum Gasteiger partial charge on any atom is -0.465 e. The third-order valence-electron chi connectivity index (χ3n) is 5.47. The predicted molar refractivity (Wildman–Crippen MR) is 103 cm³/mol. The van der Waals surface area contributed by atoms with Crippen LogP contribution < -0.4 is 0 Å². The normalized spacial score (nSPS) is 20.3. The molecule has 1 amide bonds. The predicted octanol–water partition coefficient (Wildman–Crippen LogP) is 3.13. The van der Waals surface area contributed by atoms with Crippen LogP contribution in [-0.4, -0.2) is 54.5 Å². The van der Waals surface area contributed by atoms with Gasteiger partial charge in [-0.3, -0.25) is 9.69 Å². The van der Waals surface area contributed by atoms with Gasteiger partial charge in [-0.2, -0.15) is 0 Å². The molecule has 4 rings (SSSR count). The highest BCUT2D eigenvalue weighted by atomic mass is 16.5. The van der Waals surface area contributed by atoms with Crippen LogP contribution in [0.1, 0.15) is 45.2 Å². The number of nitrogens with zero attached hydrogens (tertiary/aromatic N) is 2. The molecule has 2 aromatic rings. The van der Waals surface area contributed by atoms with Gasteiger partial charge in [0.05, 0.1) is 18.7 Å². The zero-order valence-electron chi connectivity index (χ0n) is 15.5. The summed E-state index contributed by atoms with van der Waals surface area (Å²) in [6, 6.07) is 17.7. The standard InChI is InChI=1S/C22H24N2O3/c1-27-22(26)18-9-7-17(8-10-18)21(25)24-14-13-23(19-11-12-19)15-20(24)16-5-3-2-4-6-16/h2-10,19-20H,11-15H2,1H3. The summed E-state index contributed by atoms with van der Waals surface area (Å²) in [4.78, 5) is 29.3. The summed E-state index contributed by atoms with van der Waals surface area (Å²) in [5.74, 6) is -0.384. The number of hydrogen-bond acceptors (Lipinski definition) is 4. The Morgan fingerprint density at radius 2 is 1.59 bits per heavy atom. The SMILES string of the molecule is COC(=O)c1ccc(C(=O)N2CCN(C3CC3)CC2c2ccccc2)cc1. The largest absolute Gasteiger partial charge is 0.465 e. The maximum Gasteiger partial charge on any atom is 0.337 e. The summed E-state index contributed by atoms with van der Waals surface area (Å²) in [5.41, 5.74) is 2.22. The topological polar surface area (TPSA) is 49.9 Å². The van der Waals surface area contributed by atoms with Crippen molar-refractivity contribution in [2.75, 3.05) is 26.7 Å². The molecule has 0 radical (unpaired) electrons. The first-order chi connectivity index (χ1) is 13.2. The Morgan fingerprint density at radius 1 is 0.926 bits per heavy atom. The second kappa shape index (κ2) is 7.53. The van der Waals surface area contributed by atoms with Gasteiger partial charge in [0, 0.05) is 31.2 Å². The fraction of sp³-hybridized carbons (Fsp3) is 0.364. The van der Waals surface area contributed by atoms with E-state index in [0.29, 0.717) is 23.7 Å². The molecule has 1 heterocycles. The van der Waals surface area contributed by atoms with Gasteiger partial charge in [0.2, 0.25) is 0 Å². The Kier molecular flexibility index (Phi) is 4.94. The van der Waals surface area contributed by atoms with Crippen molar-refractivity contribution >= 4 is 11.9 Å². The van der Waals surface area contributed by atoms with E-state index >= 15 is 0 Å². The number of carbonyl (C=O) groups is 2. The molecule has 2 fully saturated rings. The lowest BCUT2D eigenvalue weighted by atomic mass is 10.0. The van der Waals surface area contributed by atoms with Crippen LogP contribution in [0.4, 0.5) is 0 Å². The van der Waals surface area contributed by atoms with Crippen molar-refractivity contribution in [2.24, 2.45) is 0 Å². The van der Waals surface area contributed by atoms with E-state index in [-0.39, 0.29) is 11.9 Å². The Hall–Kier alpha value is -2.66. The lowest BCUT2D eigenvalue weighted by Crippen LogP contribution is -2.51. The second-order valence-electron chi connectivity index (χ2n) is 7.22. The van der Waals surface area contributed by atoms with Crippen LogP contribution in [0.15, 0.2) is 54.6 Å². The number of ether oxygens (including phenoxy) is 1. The number of piperazine rings is 1. The van der Waals surface area contributed by atoms with E-state index in [0.717, 1.165) is 13.1 Å². The average Bonchev–Trinajstić information content (AvgIpc) is 3.58. The number of esters is 1. The zero-order valence-corrected chi connectivity index (χ0v) is 15.5. The molecule has 0 aromatic heterocycles. The van der Waals surface area contributed by atoms with Crippen molar-refractivity contribution in [1.82, 2.24) is 9.80 Å². The molecule has 1 atom stereocenters. The van der Waals surface area contributed by atoms with Crippen LogP contribution in [0.5, 0.6) is 0 Å². The van der Waals surface area contributed by atoms with Gasteiger partial charge >= 0.3 is 5.97 Å². The first-order valence-electron chi connectivity index (χ1n) is 9.45. The molecule has 1 aliphatic carbocycles. The van der Waals surface area contributed by atoms with Crippen LogP contribution in [0.2, 0.25) is 0 Å². The lowest BCUT2D eigenvalue weighted by Gasteiger charge is -2.42. The fourth-order valence-corrected chi connectivity index (χ4v) is 3.81. The van der Waals surface area contributed by atoms with Crippen molar-refractivity contribution in [3.05, 3.63) is 71.3 Å². The van der Waals surface area contributed by atoms with Gasteiger partial charge in [0.1, 0.15) is 0 Å². The maximum atomic E-state index is 13.2. The molecule has 0 N–H and O–H groups in total.